The molecule has 4 heteroatoms. The zero-order valence-electron chi connectivity index (χ0n) is 30.7. The Balaban J connectivity index is 1.06. The fraction of sp³-hybridized carbons (Fsp3) is 0.0769. The Hall–Kier alpha value is -7.04. The van der Waals surface area contributed by atoms with Gasteiger partial charge < -0.3 is 10.2 Å². The van der Waals surface area contributed by atoms with E-state index in [4.69, 9.17) is 9.98 Å². The predicted molar refractivity (Wildman–Crippen MR) is 229 cm³/mol. The molecule has 0 bridgehead atoms. The summed E-state index contributed by atoms with van der Waals surface area (Å²) in [6, 6.07) is 65.9. The van der Waals surface area contributed by atoms with Crippen LogP contribution in [0.5, 0.6) is 0 Å². The van der Waals surface area contributed by atoms with Crippen molar-refractivity contribution in [2.75, 3.05) is 4.90 Å². The van der Waals surface area contributed by atoms with Gasteiger partial charge in [0.25, 0.3) is 0 Å². The van der Waals surface area contributed by atoms with Gasteiger partial charge in [-0.25, -0.2) is 9.98 Å². The summed E-state index contributed by atoms with van der Waals surface area (Å²) in [6.07, 6.45) is 8.89. The Labute approximate surface area is 327 Å². The first kappa shape index (κ1) is 32.4. The molecule has 1 N–H and O–H groups in total. The standard InChI is InChI=1S/C52H38N4/c1-5-17-35(18-6-1)49-53-50(36-19-7-2-8-20-36)55-51(54-49)37-29-31-40(32-30-37)56-47-28-16-14-26-42(47)44-33-43-41-25-13-15-27-45(41)52(46(43)34-48(44)56,38-21-9-3-10-22-38)39-23-11-4-12-24-39/h1-34,42,47,49H,(H,53,54,55). The third-order valence-corrected chi connectivity index (χ3v) is 11.9. The smallest absolute Gasteiger partial charge is 0.159 e. The molecule has 2 aliphatic heterocycles. The molecular formula is C52H38N4. The van der Waals surface area contributed by atoms with Gasteiger partial charge in [-0.05, 0) is 80.9 Å². The second-order valence-electron chi connectivity index (χ2n) is 14.9. The van der Waals surface area contributed by atoms with E-state index in [0.29, 0.717) is 5.84 Å². The monoisotopic (exact) mass is 718 g/mol. The fourth-order valence-electron chi connectivity index (χ4n) is 9.47. The van der Waals surface area contributed by atoms with E-state index in [0.717, 1.165) is 28.2 Å². The van der Waals surface area contributed by atoms with Crippen LogP contribution in [0.15, 0.2) is 216 Å². The third-order valence-electron chi connectivity index (χ3n) is 11.9. The first-order valence-electron chi connectivity index (χ1n) is 19.4. The molecule has 0 radical (unpaired) electrons. The molecule has 7 aromatic rings. The highest BCUT2D eigenvalue weighted by Crippen LogP contribution is 2.60. The molecule has 0 fully saturated rings. The number of fused-ring (bicyclic) bond motifs is 6. The average Bonchev–Trinajstić information content (AvgIpc) is 3.76. The molecule has 0 aromatic heterocycles. The lowest BCUT2D eigenvalue weighted by Crippen LogP contribution is -2.33. The molecule has 3 atom stereocenters. The average molecular weight is 719 g/mol. The van der Waals surface area contributed by atoms with Gasteiger partial charge in [0.2, 0.25) is 0 Å². The maximum absolute atomic E-state index is 5.14. The number of rotatable bonds is 6. The van der Waals surface area contributed by atoms with Gasteiger partial charge in [-0.1, -0.05) is 170 Å². The van der Waals surface area contributed by atoms with Crippen molar-refractivity contribution in [2.24, 2.45) is 9.98 Å². The number of aliphatic imine (C=N–C) groups is 2. The molecule has 266 valence electrons. The molecule has 0 amide bonds. The lowest BCUT2D eigenvalue weighted by molar-refractivity contribution is 0.674. The SMILES string of the molecule is C1=CC2c3cc4c(cc3N(c3ccc(C5=NC(c6ccccc6)NC(c6ccccc6)=N5)cc3)C2C=C1)C(c1ccccc1)(c1ccccc1)c1ccccc1-4. The molecule has 0 spiro atoms. The highest BCUT2D eigenvalue weighted by Gasteiger charge is 2.48. The summed E-state index contributed by atoms with van der Waals surface area (Å²) in [5.41, 5.74) is 14.2. The summed E-state index contributed by atoms with van der Waals surface area (Å²) in [5.74, 6) is 1.77. The van der Waals surface area contributed by atoms with Crippen LogP contribution in [-0.2, 0) is 5.41 Å². The van der Waals surface area contributed by atoms with Crippen molar-refractivity contribution in [1.82, 2.24) is 5.32 Å². The van der Waals surface area contributed by atoms with Crippen LogP contribution in [0, 0.1) is 0 Å². The number of nitrogens with one attached hydrogen (secondary N) is 1. The summed E-state index contributed by atoms with van der Waals surface area (Å²) in [4.78, 5) is 12.8. The predicted octanol–water partition coefficient (Wildman–Crippen LogP) is 11.3. The molecule has 2 aliphatic carbocycles. The summed E-state index contributed by atoms with van der Waals surface area (Å²) in [6.45, 7) is 0. The highest BCUT2D eigenvalue weighted by atomic mass is 15.2. The van der Waals surface area contributed by atoms with Crippen LogP contribution < -0.4 is 10.2 Å². The van der Waals surface area contributed by atoms with Crippen molar-refractivity contribution >= 4 is 23.0 Å². The topological polar surface area (TPSA) is 40.0 Å². The van der Waals surface area contributed by atoms with Crippen LogP contribution in [0.4, 0.5) is 11.4 Å². The molecule has 2 heterocycles. The summed E-state index contributed by atoms with van der Waals surface area (Å²) >= 11 is 0. The van der Waals surface area contributed by atoms with Gasteiger partial charge in [0.05, 0.1) is 11.5 Å². The van der Waals surface area contributed by atoms with Gasteiger partial charge in [0.1, 0.15) is 12.0 Å². The summed E-state index contributed by atoms with van der Waals surface area (Å²) < 4.78 is 0. The van der Waals surface area contributed by atoms with Crippen LogP contribution in [0.25, 0.3) is 11.1 Å². The van der Waals surface area contributed by atoms with Gasteiger partial charge in [-0.3, -0.25) is 0 Å². The normalized spacial score (nSPS) is 19.6. The van der Waals surface area contributed by atoms with E-state index < -0.39 is 5.41 Å². The number of nitrogens with zero attached hydrogens (tertiary/aromatic N) is 3. The van der Waals surface area contributed by atoms with Crippen LogP contribution in [-0.4, -0.2) is 17.7 Å². The molecule has 11 rings (SSSR count). The molecule has 4 aliphatic rings. The van der Waals surface area contributed by atoms with E-state index >= 15 is 0 Å². The Morgan fingerprint density at radius 2 is 1.16 bits per heavy atom. The van der Waals surface area contributed by atoms with E-state index in [1.54, 1.807) is 0 Å². The van der Waals surface area contributed by atoms with E-state index in [2.05, 4.69) is 192 Å². The Morgan fingerprint density at radius 1 is 0.536 bits per heavy atom. The quantitative estimate of drug-likeness (QED) is 0.186. The minimum atomic E-state index is -0.463. The third kappa shape index (κ3) is 4.99. The number of anilines is 2. The van der Waals surface area contributed by atoms with Gasteiger partial charge >= 0.3 is 0 Å². The van der Waals surface area contributed by atoms with Crippen molar-refractivity contribution in [2.45, 2.75) is 23.5 Å². The molecular weight excluding hydrogens is 681 g/mol. The van der Waals surface area contributed by atoms with Crippen molar-refractivity contribution < 1.29 is 0 Å². The second-order valence-corrected chi connectivity index (χ2v) is 14.9. The van der Waals surface area contributed by atoms with E-state index in [9.17, 15) is 0 Å². The number of allylic oxidation sites excluding steroid dienone is 2. The Kier molecular flexibility index (Phi) is 7.56. The zero-order valence-corrected chi connectivity index (χ0v) is 30.7. The van der Waals surface area contributed by atoms with E-state index in [1.807, 2.05) is 24.3 Å². The first-order valence-corrected chi connectivity index (χ1v) is 19.4. The van der Waals surface area contributed by atoms with Crippen LogP contribution in [0.2, 0.25) is 0 Å². The van der Waals surface area contributed by atoms with Gasteiger partial charge in [-0.2, -0.15) is 0 Å². The van der Waals surface area contributed by atoms with Crippen LogP contribution in [0.1, 0.15) is 56.6 Å². The zero-order chi connectivity index (χ0) is 37.1. The Bertz CT molecular complexity index is 2670. The van der Waals surface area contributed by atoms with Crippen molar-refractivity contribution in [3.8, 4) is 11.1 Å². The van der Waals surface area contributed by atoms with Gasteiger partial charge in [0, 0.05) is 28.4 Å². The van der Waals surface area contributed by atoms with Crippen molar-refractivity contribution in [1.29, 1.82) is 0 Å². The number of hydrogen-bond donors (Lipinski definition) is 1. The fourth-order valence-corrected chi connectivity index (χ4v) is 9.47. The molecule has 3 unspecified atom stereocenters. The van der Waals surface area contributed by atoms with Gasteiger partial charge in [0.15, 0.2) is 5.84 Å². The summed E-state index contributed by atoms with van der Waals surface area (Å²) in [7, 11) is 0. The number of hydrogen-bond acceptors (Lipinski definition) is 4. The maximum atomic E-state index is 5.14. The lowest BCUT2D eigenvalue weighted by atomic mass is 9.67. The molecule has 0 saturated heterocycles. The highest BCUT2D eigenvalue weighted by molar-refractivity contribution is 6.13. The van der Waals surface area contributed by atoms with Gasteiger partial charge in [-0.15, -0.1) is 0 Å². The van der Waals surface area contributed by atoms with E-state index in [1.165, 1.54) is 44.6 Å². The van der Waals surface area contributed by atoms with Crippen molar-refractivity contribution in [3.05, 3.63) is 251 Å². The lowest BCUT2D eigenvalue weighted by Gasteiger charge is -2.34. The van der Waals surface area contributed by atoms with Crippen molar-refractivity contribution in [3.63, 3.8) is 0 Å². The first-order chi connectivity index (χ1) is 27.8. The minimum Gasteiger partial charge on any atom is -0.344 e. The molecule has 4 nitrogen and oxygen atoms in total. The van der Waals surface area contributed by atoms with Crippen LogP contribution >= 0.6 is 0 Å². The number of amidine groups is 2. The second kappa shape index (κ2) is 13.1. The minimum absolute atomic E-state index is 0.155. The molecule has 56 heavy (non-hydrogen) atoms. The Morgan fingerprint density at radius 3 is 1.88 bits per heavy atom. The summed E-state index contributed by atoms with van der Waals surface area (Å²) in [5, 5.41) is 3.58. The van der Waals surface area contributed by atoms with Crippen LogP contribution in [0.3, 0.4) is 0 Å². The molecule has 7 aromatic carbocycles. The largest absolute Gasteiger partial charge is 0.344 e. The molecule has 0 saturated carbocycles. The number of benzene rings is 7. The maximum Gasteiger partial charge on any atom is 0.159 e. The van der Waals surface area contributed by atoms with E-state index in [-0.39, 0.29) is 18.1 Å².